The zero-order valence-electron chi connectivity index (χ0n) is 15.8. The van der Waals surface area contributed by atoms with Crippen molar-refractivity contribution in [2.75, 3.05) is 18.4 Å². The molecule has 0 saturated carbocycles. The van der Waals surface area contributed by atoms with Crippen LogP contribution in [0.15, 0.2) is 58.1 Å². The van der Waals surface area contributed by atoms with Gasteiger partial charge in [-0.15, -0.1) is 0 Å². The van der Waals surface area contributed by atoms with E-state index in [1.165, 1.54) is 18.4 Å². The fourth-order valence-electron chi connectivity index (χ4n) is 3.00. The van der Waals surface area contributed by atoms with Crippen LogP contribution in [0.4, 0.5) is 5.69 Å². The number of anilines is 1. The normalized spacial score (nSPS) is 15.7. The summed E-state index contributed by atoms with van der Waals surface area (Å²) >= 11 is 5.12. The number of sulfonamides is 1. The Morgan fingerprint density at radius 2 is 1.76 bits per heavy atom. The van der Waals surface area contributed by atoms with Gasteiger partial charge in [-0.3, -0.25) is 10.1 Å². The Labute approximate surface area is 175 Å². The minimum absolute atomic E-state index is 0.113. The van der Waals surface area contributed by atoms with Crippen LogP contribution in [0.5, 0.6) is 0 Å². The Morgan fingerprint density at radius 3 is 2.38 bits per heavy atom. The second-order valence-corrected chi connectivity index (χ2v) is 8.98. The number of carbonyl (C=O) groups is 1. The number of carbonyl (C=O) groups excluding carboxylic acids is 1. The molecule has 9 heteroatoms. The smallest absolute Gasteiger partial charge is 0.250 e. The minimum atomic E-state index is -3.49. The van der Waals surface area contributed by atoms with Gasteiger partial charge in [0.1, 0.15) is 5.76 Å². The van der Waals surface area contributed by atoms with Crippen molar-refractivity contribution in [2.24, 2.45) is 0 Å². The van der Waals surface area contributed by atoms with Gasteiger partial charge in [-0.05, 0) is 67.5 Å². The molecule has 3 rings (SSSR count). The number of hydrogen-bond donors (Lipinski definition) is 2. The fourth-order valence-corrected chi connectivity index (χ4v) is 4.74. The molecule has 0 spiro atoms. The first kappa shape index (κ1) is 21.2. The van der Waals surface area contributed by atoms with Gasteiger partial charge in [0.05, 0.1) is 11.2 Å². The molecule has 1 aromatic carbocycles. The van der Waals surface area contributed by atoms with Gasteiger partial charge >= 0.3 is 0 Å². The highest BCUT2D eigenvalue weighted by molar-refractivity contribution is 7.89. The summed E-state index contributed by atoms with van der Waals surface area (Å²) in [5, 5.41) is 5.50. The van der Waals surface area contributed by atoms with Crippen LogP contribution in [-0.4, -0.2) is 36.8 Å². The molecule has 2 heterocycles. The molecule has 0 radical (unpaired) electrons. The maximum absolute atomic E-state index is 12.8. The van der Waals surface area contributed by atoms with Gasteiger partial charge in [0.2, 0.25) is 15.9 Å². The van der Waals surface area contributed by atoms with Crippen molar-refractivity contribution in [3.8, 4) is 0 Å². The number of benzene rings is 1. The van der Waals surface area contributed by atoms with Crippen molar-refractivity contribution in [1.29, 1.82) is 0 Å². The monoisotopic (exact) mass is 433 g/mol. The van der Waals surface area contributed by atoms with Crippen LogP contribution >= 0.6 is 12.2 Å². The molecule has 1 aliphatic rings. The highest BCUT2D eigenvalue weighted by Crippen LogP contribution is 2.21. The van der Waals surface area contributed by atoms with Gasteiger partial charge in [-0.25, -0.2) is 8.42 Å². The van der Waals surface area contributed by atoms with Crippen LogP contribution in [-0.2, 0) is 14.8 Å². The van der Waals surface area contributed by atoms with E-state index in [0.717, 1.165) is 25.7 Å². The van der Waals surface area contributed by atoms with E-state index in [1.807, 2.05) is 0 Å². The average Bonchev–Trinajstić information content (AvgIpc) is 3.06. The van der Waals surface area contributed by atoms with Gasteiger partial charge in [0.25, 0.3) is 0 Å². The van der Waals surface area contributed by atoms with Crippen molar-refractivity contribution < 1.29 is 17.6 Å². The molecule has 0 atom stereocenters. The summed E-state index contributed by atoms with van der Waals surface area (Å²) in [7, 11) is -3.49. The standard InChI is InChI=1S/C20H23N3O4S2/c24-19(12-9-17-6-5-15-27-17)22-20(28)21-16-7-10-18(11-8-16)29(25,26)23-13-3-1-2-4-14-23/h5-12,15H,1-4,13-14H2,(H2,21,22,24,28)/b12-9+. The zero-order chi connectivity index (χ0) is 20.7. The van der Waals surface area contributed by atoms with Crippen LogP contribution in [0.3, 0.4) is 0 Å². The van der Waals surface area contributed by atoms with Gasteiger partial charge in [-0.2, -0.15) is 4.31 Å². The predicted molar refractivity (Wildman–Crippen MR) is 116 cm³/mol. The van der Waals surface area contributed by atoms with Gasteiger partial charge < -0.3 is 9.73 Å². The minimum Gasteiger partial charge on any atom is -0.465 e. The number of nitrogens with one attached hydrogen (secondary N) is 2. The lowest BCUT2D eigenvalue weighted by atomic mass is 10.2. The van der Waals surface area contributed by atoms with E-state index in [9.17, 15) is 13.2 Å². The van der Waals surface area contributed by atoms with Crippen molar-refractivity contribution in [3.05, 3.63) is 54.5 Å². The average molecular weight is 434 g/mol. The molecular formula is C20H23N3O4S2. The molecule has 0 bridgehead atoms. The van der Waals surface area contributed by atoms with Crippen LogP contribution in [0, 0.1) is 0 Å². The van der Waals surface area contributed by atoms with Crippen LogP contribution in [0.25, 0.3) is 6.08 Å². The molecule has 1 fully saturated rings. The van der Waals surface area contributed by atoms with Gasteiger partial charge in [-0.1, -0.05) is 12.8 Å². The topological polar surface area (TPSA) is 91.6 Å². The van der Waals surface area contributed by atoms with E-state index in [2.05, 4.69) is 10.6 Å². The Morgan fingerprint density at radius 1 is 1.07 bits per heavy atom. The summed E-state index contributed by atoms with van der Waals surface area (Å²) in [6.45, 7) is 1.12. The number of hydrogen-bond acceptors (Lipinski definition) is 5. The molecule has 2 aromatic rings. The SMILES string of the molecule is O=C(/C=C/c1ccco1)NC(=S)Nc1ccc(S(=O)(=O)N2CCCCCC2)cc1. The van der Waals surface area contributed by atoms with Crippen LogP contribution in [0.2, 0.25) is 0 Å². The second kappa shape index (κ2) is 9.82. The summed E-state index contributed by atoms with van der Waals surface area (Å²) in [6.07, 6.45) is 8.26. The lowest BCUT2D eigenvalue weighted by Crippen LogP contribution is -2.33. The molecule has 1 aliphatic heterocycles. The predicted octanol–water partition coefficient (Wildman–Crippen LogP) is 3.37. The Hall–Kier alpha value is -2.49. The van der Waals surface area contributed by atoms with Crippen LogP contribution < -0.4 is 10.6 Å². The quantitative estimate of drug-likeness (QED) is 0.555. The van der Waals surface area contributed by atoms with E-state index in [-0.39, 0.29) is 10.0 Å². The van der Waals surface area contributed by atoms with E-state index in [1.54, 1.807) is 40.7 Å². The molecule has 1 saturated heterocycles. The Balaban J connectivity index is 1.57. The molecule has 0 aliphatic carbocycles. The third kappa shape index (κ3) is 5.99. The van der Waals surface area contributed by atoms with Crippen LogP contribution in [0.1, 0.15) is 31.4 Å². The van der Waals surface area contributed by atoms with Gasteiger partial charge in [0, 0.05) is 24.9 Å². The number of thiocarbonyl (C=S) groups is 1. The van der Waals surface area contributed by atoms with Crippen molar-refractivity contribution in [3.63, 3.8) is 0 Å². The third-order valence-electron chi connectivity index (χ3n) is 4.49. The number of amides is 1. The first-order valence-corrected chi connectivity index (χ1v) is 11.2. The lowest BCUT2D eigenvalue weighted by Gasteiger charge is -2.20. The molecule has 154 valence electrons. The zero-order valence-corrected chi connectivity index (χ0v) is 17.5. The summed E-state index contributed by atoms with van der Waals surface area (Å²) in [5.41, 5.74) is 0.583. The molecule has 2 N–H and O–H groups in total. The molecule has 1 aromatic heterocycles. The Bertz CT molecular complexity index is 960. The number of furan rings is 1. The number of nitrogens with zero attached hydrogens (tertiary/aromatic N) is 1. The van der Waals surface area contributed by atoms with Gasteiger partial charge in [0.15, 0.2) is 5.11 Å². The summed E-state index contributed by atoms with van der Waals surface area (Å²) in [4.78, 5) is 12.1. The lowest BCUT2D eigenvalue weighted by molar-refractivity contribution is -0.115. The second-order valence-electron chi connectivity index (χ2n) is 6.63. The van der Waals surface area contributed by atoms with Crippen molar-refractivity contribution in [2.45, 2.75) is 30.6 Å². The molecule has 29 heavy (non-hydrogen) atoms. The first-order chi connectivity index (χ1) is 13.9. The fraction of sp³-hybridized carbons (Fsp3) is 0.300. The van der Waals surface area contributed by atoms with E-state index in [4.69, 9.17) is 16.6 Å². The largest absolute Gasteiger partial charge is 0.465 e. The maximum atomic E-state index is 12.8. The summed E-state index contributed by atoms with van der Waals surface area (Å²) < 4.78 is 32.3. The molecule has 7 nitrogen and oxygen atoms in total. The first-order valence-electron chi connectivity index (χ1n) is 9.39. The van der Waals surface area contributed by atoms with E-state index in [0.29, 0.717) is 24.5 Å². The molecule has 1 amide bonds. The third-order valence-corrected chi connectivity index (χ3v) is 6.61. The summed E-state index contributed by atoms with van der Waals surface area (Å²) in [5.74, 6) is 0.152. The maximum Gasteiger partial charge on any atom is 0.250 e. The van der Waals surface area contributed by atoms with Crippen molar-refractivity contribution >= 4 is 45.0 Å². The Kier molecular flexibility index (Phi) is 7.18. The summed E-state index contributed by atoms with van der Waals surface area (Å²) in [6, 6.07) is 9.79. The molecule has 0 unspecified atom stereocenters. The van der Waals surface area contributed by atoms with E-state index < -0.39 is 15.9 Å². The number of rotatable bonds is 5. The molecular weight excluding hydrogens is 410 g/mol. The van der Waals surface area contributed by atoms with Crippen molar-refractivity contribution in [1.82, 2.24) is 9.62 Å². The highest BCUT2D eigenvalue weighted by atomic mass is 32.2. The highest BCUT2D eigenvalue weighted by Gasteiger charge is 2.24. The van der Waals surface area contributed by atoms with E-state index >= 15 is 0 Å².